The van der Waals surface area contributed by atoms with Crippen LogP contribution in [0.4, 0.5) is 0 Å². The van der Waals surface area contributed by atoms with Crippen LogP contribution in [0.1, 0.15) is 29.1 Å². The molecule has 1 saturated heterocycles. The normalized spacial score (nSPS) is 17.3. The first kappa shape index (κ1) is 17.5. The molecule has 1 aliphatic rings. The van der Waals surface area contributed by atoms with E-state index in [0.29, 0.717) is 29.8 Å². The van der Waals surface area contributed by atoms with Gasteiger partial charge in [0, 0.05) is 12.1 Å². The monoisotopic (exact) mass is 335 g/mol. The average molecular weight is 336 g/mol. The zero-order valence-corrected chi connectivity index (χ0v) is 14.0. The Hall–Kier alpha value is -1.85. The van der Waals surface area contributed by atoms with Gasteiger partial charge < -0.3 is 15.1 Å². The number of aryl methyl sites for hydroxylation is 1. The molecular weight excluding hydrogens is 314 g/mol. The Kier molecular flexibility index (Phi) is 6.19. The first-order chi connectivity index (χ1) is 10.7. The third-order valence-electron chi connectivity index (χ3n) is 3.97. The third-order valence-corrected chi connectivity index (χ3v) is 3.97. The Morgan fingerprint density at radius 3 is 2.87 bits per heavy atom. The number of benzene rings is 1. The van der Waals surface area contributed by atoms with Crippen molar-refractivity contribution >= 4 is 18.3 Å². The summed E-state index contributed by atoms with van der Waals surface area (Å²) >= 11 is 0. The van der Waals surface area contributed by atoms with E-state index in [0.717, 1.165) is 25.1 Å². The number of rotatable bonds is 4. The summed E-state index contributed by atoms with van der Waals surface area (Å²) in [4.78, 5) is 16.6. The molecule has 0 spiro atoms. The van der Waals surface area contributed by atoms with Gasteiger partial charge in [0.25, 0.3) is 5.91 Å². The highest BCUT2D eigenvalue weighted by Crippen LogP contribution is 2.21. The molecule has 124 valence electrons. The SMILES string of the molecule is Cc1nc(-c2ccccc2)oc1C(=O)NCC1CCCNC1.Cl. The van der Waals surface area contributed by atoms with Crippen molar-refractivity contribution in [3.05, 3.63) is 41.8 Å². The van der Waals surface area contributed by atoms with E-state index in [-0.39, 0.29) is 18.3 Å². The molecule has 1 aliphatic heterocycles. The summed E-state index contributed by atoms with van der Waals surface area (Å²) in [6.45, 7) is 4.51. The number of aromatic nitrogens is 1. The molecule has 1 atom stereocenters. The zero-order valence-electron chi connectivity index (χ0n) is 13.2. The number of nitrogens with one attached hydrogen (secondary N) is 2. The van der Waals surface area contributed by atoms with Crippen LogP contribution in [-0.4, -0.2) is 30.5 Å². The summed E-state index contributed by atoms with van der Waals surface area (Å²) in [5.41, 5.74) is 1.50. The van der Waals surface area contributed by atoms with E-state index >= 15 is 0 Å². The molecule has 5 nitrogen and oxygen atoms in total. The van der Waals surface area contributed by atoms with Crippen molar-refractivity contribution < 1.29 is 9.21 Å². The Bertz CT molecular complexity index is 637. The molecule has 6 heteroatoms. The van der Waals surface area contributed by atoms with Gasteiger partial charge in [-0.25, -0.2) is 4.98 Å². The Morgan fingerprint density at radius 2 is 2.17 bits per heavy atom. The van der Waals surface area contributed by atoms with Crippen LogP contribution in [0.25, 0.3) is 11.5 Å². The molecule has 3 rings (SSSR count). The predicted molar refractivity (Wildman–Crippen MR) is 91.9 cm³/mol. The molecule has 0 bridgehead atoms. The minimum absolute atomic E-state index is 0. The van der Waals surface area contributed by atoms with Crippen molar-refractivity contribution in [2.75, 3.05) is 19.6 Å². The molecule has 0 radical (unpaired) electrons. The number of amides is 1. The van der Waals surface area contributed by atoms with Crippen LogP contribution < -0.4 is 10.6 Å². The predicted octanol–water partition coefficient (Wildman–Crippen LogP) is 2.80. The van der Waals surface area contributed by atoms with Crippen molar-refractivity contribution in [3.63, 3.8) is 0 Å². The Morgan fingerprint density at radius 1 is 1.39 bits per heavy atom. The molecule has 1 fully saturated rings. The van der Waals surface area contributed by atoms with Gasteiger partial charge in [0.05, 0.1) is 5.69 Å². The minimum Gasteiger partial charge on any atom is -0.431 e. The van der Waals surface area contributed by atoms with Crippen LogP contribution in [0.2, 0.25) is 0 Å². The first-order valence-corrected chi connectivity index (χ1v) is 7.76. The number of oxazole rings is 1. The molecule has 0 aliphatic carbocycles. The highest BCUT2D eigenvalue weighted by molar-refractivity contribution is 5.92. The lowest BCUT2D eigenvalue weighted by Crippen LogP contribution is -2.38. The summed E-state index contributed by atoms with van der Waals surface area (Å²) < 4.78 is 5.66. The topological polar surface area (TPSA) is 67.2 Å². The largest absolute Gasteiger partial charge is 0.431 e. The zero-order chi connectivity index (χ0) is 15.4. The van der Waals surface area contributed by atoms with Gasteiger partial charge in [-0.2, -0.15) is 0 Å². The molecule has 1 unspecified atom stereocenters. The summed E-state index contributed by atoms with van der Waals surface area (Å²) in [6, 6.07) is 9.61. The second kappa shape index (κ2) is 8.13. The van der Waals surface area contributed by atoms with Crippen LogP contribution in [0.3, 0.4) is 0 Å². The van der Waals surface area contributed by atoms with Crippen molar-refractivity contribution in [2.45, 2.75) is 19.8 Å². The third kappa shape index (κ3) is 4.33. The van der Waals surface area contributed by atoms with Crippen LogP contribution in [0.5, 0.6) is 0 Å². The maximum atomic E-state index is 12.3. The van der Waals surface area contributed by atoms with E-state index in [4.69, 9.17) is 4.42 Å². The average Bonchev–Trinajstić information content (AvgIpc) is 2.96. The number of carbonyl (C=O) groups excluding carboxylic acids is 1. The van der Waals surface area contributed by atoms with Crippen LogP contribution in [-0.2, 0) is 0 Å². The first-order valence-electron chi connectivity index (χ1n) is 7.76. The van der Waals surface area contributed by atoms with E-state index < -0.39 is 0 Å². The van der Waals surface area contributed by atoms with E-state index in [1.165, 1.54) is 6.42 Å². The summed E-state index contributed by atoms with van der Waals surface area (Å²) in [7, 11) is 0. The number of hydrogen-bond acceptors (Lipinski definition) is 4. The van der Waals surface area contributed by atoms with Crippen molar-refractivity contribution in [1.82, 2.24) is 15.6 Å². The van der Waals surface area contributed by atoms with Crippen LogP contribution in [0, 0.1) is 12.8 Å². The Balaban J connectivity index is 0.00000192. The smallest absolute Gasteiger partial charge is 0.289 e. The second-order valence-corrected chi connectivity index (χ2v) is 5.72. The molecule has 1 aromatic carbocycles. The molecule has 0 saturated carbocycles. The van der Waals surface area contributed by atoms with Gasteiger partial charge in [-0.15, -0.1) is 12.4 Å². The van der Waals surface area contributed by atoms with Gasteiger partial charge in [0.2, 0.25) is 11.7 Å². The van der Waals surface area contributed by atoms with Gasteiger partial charge >= 0.3 is 0 Å². The maximum absolute atomic E-state index is 12.3. The fraction of sp³-hybridized carbons (Fsp3) is 0.412. The molecule has 1 amide bonds. The molecule has 2 aromatic rings. The van der Waals surface area contributed by atoms with Crippen molar-refractivity contribution in [1.29, 1.82) is 0 Å². The summed E-state index contributed by atoms with van der Waals surface area (Å²) in [6.07, 6.45) is 2.32. The number of carbonyl (C=O) groups is 1. The van der Waals surface area contributed by atoms with Gasteiger partial charge in [0.1, 0.15) is 0 Å². The lowest BCUT2D eigenvalue weighted by atomic mass is 10.00. The van der Waals surface area contributed by atoms with Gasteiger partial charge in [0.15, 0.2) is 0 Å². The molecule has 1 aromatic heterocycles. The van der Waals surface area contributed by atoms with Crippen LogP contribution >= 0.6 is 12.4 Å². The standard InChI is InChI=1S/C17H21N3O2.ClH/c1-12-15(16(21)19-11-13-6-5-9-18-10-13)22-17(20-12)14-7-3-2-4-8-14;/h2-4,7-8,13,18H,5-6,9-11H2,1H3,(H,19,21);1H. The highest BCUT2D eigenvalue weighted by atomic mass is 35.5. The van der Waals surface area contributed by atoms with Crippen LogP contribution in [0.15, 0.2) is 34.7 Å². The van der Waals surface area contributed by atoms with Crippen molar-refractivity contribution in [2.24, 2.45) is 5.92 Å². The fourth-order valence-corrected chi connectivity index (χ4v) is 2.73. The quantitative estimate of drug-likeness (QED) is 0.901. The van der Waals surface area contributed by atoms with Gasteiger partial charge in [-0.3, -0.25) is 4.79 Å². The van der Waals surface area contributed by atoms with Gasteiger partial charge in [-0.05, 0) is 50.9 Å². The number of piperidine rings is 1. The fourth-order valence-electron chi connectivity index (χ4n) is 2.73. The van der Waals surface area contributed by atoms with E-state index in [1.54, 1.807) is 6.92 Å². The number of nitrogens with zero attached hydrogens (tertiary/aromatic N) is 1. The van der Waals surface area contributed by atoms with E-state index in [9.17, 15) is 4.79 Å². The summed E-state index contributed by atoms with van der Waals surface area (Å²) in [5.74, 6) is 1.11. The van der Waals surface area contributed by atoms with E-state index in [1.807, 2.05) is 30.3 Å². The molecule has 23 heavy (non-hydrogen) atoms. The highest BCUT2D eigenvalue weighted by Gasteiger charge is 2.20. The molecular formula is C17H22ClN3O2. The second-order valence-electron chi connectivity index (χ2n) is 5.72. The van der Waals surface area contributed by atoms with E-state index in [2.05, 4.69) is 15.6 Å². The lowest BCUT2D eigenvalue weighted by Gasteiger charge is -2.22. The van der Waals surface area contributed by atoms with Crippen molar-refractivity contribution in [3.8, 4) is 11.5 Å². The maximum Gasteiger partial charge on any atom is 0.289 e. The Labute approximate surface area is 142 Å². The number of hydrogen-bond donors (Lipinski definition) is 2. The minimum atomic E-state index is -0.183. The van der Waals surface area contributed by atoms with Gasteiger partial charge in [-0.1, -0.05) is 18.2 Å². The summed E-state index contributed by atoms with van der Waals surface area (Å²) in [5, 5.41) is 6.31. The molecule has 2 heterocycles. The lowest BCUT2D eigenvalue weighted by molar-refractivity contribution is 0.0917. The number of halogens is 1. The molecule has 2 N–H and O–H groups in total.